The second kappa shape index (κ2) is 14.1. The Kier molecular flexibility index (Phi) is 8.19. The van der Waals surface area contributed by atoms with Crippen LogP contribution in [0.5, 0.6) is 0 Å². The van der Waals surface area contributed by atoms with Gasteiger partial charge in [-0.15, -0.1) is 0 Å². The van der Waals surface area contributed by atoms with Crippen molar-refractivity contribution < 1.29 is 4.42 Å². The van der Waals surface area contributed by atoms with Crippen LogP contribution in [0.15, 0.2) is 229 Å². The van der Waals surface area contributed by atoms with Crippen molar-refractivity contribution in [1.82, 2.24) is 0 Å². The molecular formula is C56H37NO. The molecule has 0 bridgehead atoms. The minimum Gasteiger partial charge on any atom is -0.453 e. The van der Waals surface area contributed by atoms with E-state index in [2.05, 4.69) is 229 Å². The molecule has 2 nitrogen and oxygen atoms in total. The summed E-state index contributed by atoms with van der Waals surface area (Å²) < 4.78 is 7.19. The highest BCUT2D eigenvalue weighted by atomic mass is 16.3. The monoisotopic (exact) mass is 739 g/mol. The smallest absolute Gasteiger partial charge is 0.160 e. The Balaban J connectivity index is 1.12. The van der Waals surface area contributed by atoms with Crippen molar-refractivity contribution in [2.75, 3.05) is 4.90 Å². The first-order valence-electron chi connectivity index (χ1n) is 19.8. The summed E-state index contributed by atoms with van der Waals surface area (Å²) in [5.74, 6) is 0. The largest absolute Gasteiger partial charge is 0.453 e. The molecule has 1 heterocycles. The Morgan fingerprint density at radius 3 is 1.57 bits per heavy atom. The number of hydrogen-bond donors (Lipinski definition) is 0. The van der Waals surface area contributed by atoms with E-state index in [1.54, 1.807) is 0 Å². The van der Waals surface area contributed by atoms with Gasteiger partial charge in [-0.3, -0.25) is 0 Å². The molecule has 0 N–H and O–H groups in total. The third-order valence-corrected chi connectivity index (χ3v) is 11.5. The maximum atomic E-state index is 7.19. The zero-order chi connectivity index (χ0) is 38.4. The van der Waals surface area contributed by atoms with Crippen LogP contribution in [0, 0.1) is 0 Å². The number of anilines is 3. The summed E-state index contributed by atoms with van der Waals surface area (Å²) in [7, 11) is 0. The lowest BCUT2D eigenvalue weighted by Gasteiger charge is -2.26. The normalized spacial score (nSPS) is 11.4. The molecule has 0 aliphatic carbocycles. The van der Waals surface area contributed by atoms with Gasteiger partial charge < -0.3 is 9.32 Å². The third-order valence-electron chi connectivity index (χ3n) is 11.5. The van der Waals surface area contributed by atoms with Crippen molar-refractivity contribution in [3.05, 3.63) is 224 Å². The standard InChI is InChI=1S/C56H37NO/c1-3-14-41(15-4-1)50-35-36-53(56-54(50)52-24-12-23-51(55(52)58-56)42-16-5-2-6-17-42)57(46-31-27-39(28-32-46)45-26-25-38-13-7-8-19-44(38)37-45)47-33-29-43(30-34-47)49-22-11-20-40-18-9-10-21-48(40)49/h1-37H. The van der Waals surface area contributed by atoms with Crippen LogP contribution in [0.25, 0.3) is 88.0 Å². The molecule has 0 atom stereocenters. The fraction of sp³-hybridized carbons (Fsp3) is 0. The first-order valence-corrected chi connectivity index (χ1v) is 19.8. The average molecular weight is 740 g/mol. The van der Waals surface area contributed by atoms with Crippen molar-refractivity contribution in [2.45, 2.75) is 0 Å². The molecule has 11 aromatic rings. The van der Waals surface area contributed by atoms with Gasteiger partial charge in [0.2, 0.25) is 0 Å². The van der Waals surface area contributed by atoms with E-state index in [4.69, 9.17) is 4.42 Å². The molecule has 272 valence electrons. The van der Waals surface area contributed by atoms with E-state index in [1.165, 1.54) is 43.8 Å². The van der Waals surface area contributed by atoms with Crippen molar-refractivity contribution >= 4 is 60.5 Å². The van der Waals surface area contributed by atoms with Crippen molar-refractivity contribution in [1.29, 1.82) is 0 Å². The number of benzene rings is 10. The van der Waals surface area contributed by atoms with Crippen LogP contribution in [0.3, 0.4) is 0 Å². The zero-order valence-corrected chi connectivity index (χ0v) is 31.7. The van der Waals surface area contributed by atoms with Gasteiger partial charge in [-0.25, -0.2) is 0 Å². The molecule has 58 heavy (non-hydrogen) atoms. The molecule has 0 saturated carbocycles. The van der Waals surface area contributed by atoms with Gasteiger partial charge in [0.25, 0.3) is 0 Å². The number of para-hydroxylation sites is 1. The molecule has 0 amide bonds. The van der Waals surface area contributed by atoms with Crippen molar-refractivity contribution in [2.24, 2.45) is 0 Å². The van der Waals surface area contributed by atoms with Gasteiger partial charge in [-0.05, 0) is 96.9 Å². The van der Waals surface area contributed by atoms with E-state index in [-0.39, 0.29) is 0 Å². The maximum Gasteiger partial charge on any atom is 0.160 e. The quantitative estimate of drug-likeness (QED) is 0.162. The van der Waals surface area contributed by atoms with E-state index < -0.39 is 0 Å². The molecular weight excluding hydrogens is 703 g/mol. The minimum atomic E-state index is 0.844. The SMILES string of the molecule is c1ccc(-c2cccc3c2oc2c(N(c4ccc(-c5ccc6ccccc6c5)cc4)c4ccc(-c5cccc6ccccc56)cc4)ccc(-c4ccccc4)c23)cc1. The fourth-order valence-electron chi connectivity index (χ4n) is 8.63. The van der Waals surface area contributed by atoms with Crippen molar-refractivity contribution in [3.63, 3.8) is 0 Å². The maximum absolute atomic E-state index is 7.19. The van der Waals surface area contributed by atoms with Gasteiger partial charge in [-0.1, -0.05) is 188 Å². The lowest BCUT2D eigenvalue weighted by Crippen LogP contribution is -2.10. The molecule has 0 unspecified atom stereocenters. The van der Waals surface area contributed by atoms with Crippen LogP contribution in [0.2, 0.25) is 0 Å². The Hall–Kier alpha value is -7.68. The Morgan fingerprint density at radius 1 is 0.293 bits per heavy atom. The van der Waals surface area contributed by atoms with Gasteiger partial charge in [0.1, 0.15) is 5.58 Å². The molecule has 0 aliphatic heterocycles. The van der Waals surface area contributed by atoms with Gasteiger partial charge in [0, 0.05) is 27.7 Å². The predicted molar refractivity (Wildman–Crippen MR) is 245 cm³/mol. The predicted octanol–water partition coefficient (Wildman–Crippen LogP) is 16.0. The van der Waals surface area contributed by atoms with Crippen LogP contribution < -0.4 is 4.90 Å². The summed E-state index contributed by atoms with van der Waals surface area (Å²) in [6.45, 7) is 0. The van der Waals surface area contributed by atoms with Crippen LogP contribution >= 0.6 is 0 Å². The average Bonchev–Trinajstić information content (AvgIpc) is 3.70. The summed E-state index contributed by atoms with van der Waals surface area (Å²) in [4.78, 5) is 2.35. The molecule has 0 fully saturated rings. The fourth-order valence-corrected chi connectivity index (χ4v) is 8.63. The van der Waals surface area contributed by atoms with Gasteiger partial charge in [0.15, 0.2) is 5.58 Å². The summed E-state index contributed by atoms with van der Waals surface area (Å²) in [5.41, 5.74) is 14.0. The van der Waals surface area contributed by atoms with E-state index in [0.717, 1.165) is 61.3 Å². The van der Waals surface area contributed by atoms with E-state index in [0.29, 0.717) is 0 Å². The van der Waals surface area contributed by atoms with Crippen LogP contribution in [-0.4, -0.2) is 0 Å². The number of nitrogens with zero attached hydrogens (tertiary/aromatic N) is 1. The van der Waals surface area contributed by atoms with Crippen molar-refractivity contribution in [3.8, 4) is 44.5 Å². The second-order valence-corrected chi connectivity index (χ2v) is 14.9. The lowest BCUT2D eigenvalue weighted by molar-refractivity contribution is 0.670. The molecule has 10 aromatic carbocycles. The van der Waals surface area contributed by atoms with Gasteiger partial charge >= 0.3 is 0 Å². The number of hydrogen-bond acceptors (Lipinski definition) is 2. The topological polar surface area (TPSA) is 16.4 Å². The van der Waals surface area contributed by atoms with E-state index in [1.807, 2.05) is 0 Å². The van der Waals surface area contributed by atoms with Crippen LogP contribution in [0.1, 0.15) is 0 Å². The molecule has 0 saturated heterocycles. The van der Waals surface area contributed by atoms with Gasteiger partial charge in [-0.2, -0.15) is 0 Å². The highest BCUT2D eigenvalue weighted by Crippen LogP contribution is 2.48. The van der Waals surface area contributed by atoms with Crippen LogP contribution in [-0.2, 0) is 0 Å². The first kappa shape index (κ1) is 33.6. The summed E-state index contributed by atoms with van der Waals surface area (Å²) in [6.07, 6.45) is 0. The molecule has 0 spiro atoms. The number of fused-ring (bicyclic) bond motifs is 5. The Morgan fingerprint density at radius 2 is 0.828 bits per heavy atom. The first-order chi connectivity index (χ1) is 28.8. The van der Waals surface area contributed by atoms with E-state index >= 15 is 0 Å². The molecule has 2 heteroatoms. The number of furan rings is 1. The summed E-state index contributed by atoms with van der Waals surface area (Å²) >= 11 is 0. The van der Waals surface area contributed by atoms with E-state index in [9.17, 15) is 0 Å². The summed E-state index contributed by atoms with van der Waals surface area (Å²) in [6, 6.07) is 80.5. The molecule has 1 aromatic heterocycles. The second-order valence-electron chi connectivity index (χ2n) is 14.9. The molecule has 11 rings (SSSR count). The minimum absolute atomic E-state index is 0.844. The number of rotatable bonds is 7. The molecule has 0 aliphatic rings. The Bertz CT molecular complexity index is 3250. The lowest BCUT2D eigenvalue weighted by atomic mass is 9.96. The summed E-state index contributed by atoms with van der Waals surface area (Å²) in [5, 5.41) is 7.14. The third kappa shape index (κ3) is 5.82. The Labute approximate surface area is 337 Å². The highest BCUT2D eigenvalue weighted by Gasteiger charge is 2.24. The molecule has 0 radical (unpaired) electrons. The van der Waals surface area contributed by atoms with Crippen LogP contribution in [0.4, 0.5) is 17.1 Å². The highest BCUT2D eigenvalue weighted by molar-refractivity contribution is 6.19. The van der Waals surface area contributed by atoms with Gasteiger partial charge in [0.05, 0.1) is 5.69 Å². The zero-order valence-electron chi connectivity index (χ0n) is 31.7.